The molecule has 2 N–H and O–H groups in total. The second-order valence-corrected chi connectivity index (χ2v) is 11.5. The number of aromatic nitrogens is 3. The maximum absolute atomic E-state index is 13.3. The number of carbonyl (C=O) groups is 2. The van der Waals surface area contributed by atoms with E-state index in [9.17, 15) is 14.0 Å². The van der Waals surface area contributed by atoms with Crippen molar-refractivity contribution in [1.82, 2.24) is 30.3 Å². The molecule has 3 heterocycles. The molecule has 1 fully saturated rings. The highest BCUT2D eigenvalue weighted by atomic mass is 19.1. The van der Waals surface area contributed by atoms with Crippen molar-refractivity contribution < 1.29 is 23.5 Å². The summed E-state index contributed by atoms with van der Waals surface area (Å²) in [6, 6.07) is 3.59. The van der Waals surface area contributed by atoms with E-state index in [4.69, 9.17) is 9.47 Å². The topological polar surface area (TPSA) is 111 Å². The van der Waals surface area contributed by atoms with Crippen molar-refractivity contribution in [3.63, 3.8) is 0 Å². The molecule has 11 heteroatoms. The zero-order valence-corrected chi connectivity index (χ0v) is 22.8. The summed E-state index contributed by atoms with van der Waals surface area (Å²) in [5, 5.41) is 10.5. The SMILES string of the molecule is CC(NCC1(NC(=O)OC(C)(C)C)CCN(C(=O)OC(C)(C)C)CC1)c1ccc(-n2cc(F)cn2)nc1. The Kier molecular flexibility index (Phi) is 8.46. The van der Waals surface area contributed by atoms with Crippen LogP contribution in [0.3, 0.4) is 0 Å². The van der Waals surface area contributed by atoms with Gasteiger partial charge in [0, 0.05) is 31.9 Å². The second kappa shape index (κ2) is 11.0. The van der Waals surface area contributed by atoms with Crippen LogP contribution in [0.5, 0.6) is 0 Å². The van der Waals surface area contributed by atoms with Crippen molar-refractivity contribution in [3.05, 3.63) is 42.1 Å². The van der Waals surface area contributed by atoms with Gasteiger partial charge in [-0.05, 0) is 72.9 Å². The molecule has 1 atom stereocenters. The number of piperidine rings is 1. The fraction of sp³-hybridized carbons (Fsp3) is 0.615. The number of likely N-dealkylation sites (tertiary alicyclic amines) is 1. The highest BCUT2D eigenvalue weighted by molar-refractivity contribution is 5.70. The lowest BCUT2D eigenvalue weighted by atomic mass is 9.87. The van der Waals surface area contributed by atoms with Gasteiger partial charge in [0.05, 0.1) is 17.9 Å². The Balaban J connectivity index is 1.67. The van der Waals surface area contributed by atoms with Crippen molar-refractivity contribution in [2.75, 3.05) is 19.6 Å². The molecule has 0 bridgehead atoms. The fourth-order valence-electron chi connectivity index (χ4n) is 3.99. The normalized spacial score (nSPS) is 16.7. The molecule has 10 nitrogen and oxygen atoms in total. The molecule has 1 aliphatic heterocycles. The smallest absolute Gasteiger partial charge is 0.410 e. The molecule has 0 aliphatic carbocycles. The monoisotopic (exact) mass is 518 g/mol. The van der Waals surface area contributed by atoms with Crippen LogP contribution in [0, 0.1) is 5.82 Å². The molecule has 3 rings (SSSR count). The third-order valence-corrected chi connectivity index (χ3v) is 5.94. The minimum atomic E-state index is -0.631. The number of hydrogen-bond donors (Lipinski definition) is 2. The van der Waals surface area contributed by atoms with Crippen LogP contribution in [0.15, 0.2) is 30.7 Å². The van der Waals surface area contributed by atoms with Crippen molar-refractivity contribution >= 4 is 12.2 Å². The van der Waals surface area contributed by atoms with E-state index in [0.29, 0.717) is 38.3 Å². The Morgan fingerprint density at radius 3 is 2.24 bits per heavy atom. The van der Waals surface area contributed by atoms with Crippen LogP contribution >= 0.6 is 0 Å². The zero-order chi connectivity index (χ0) is 27.4. The maximum atomic E-state index is 13.3. The second-order valence-electron chi connectivity index (χ2n) is 11.5. The summed E-state index contributed by atoms with van der Waals surface area (Å²) in [5.74, 6) is 0.0823. The first-order chi connectivity index (χ1) is 17.1. The molecule has 1 saturated heterocycles. The molecule has 0 aromatic carbocycles. The number of carbonyl (C=O) groups excluding carboxylic acids is 2. The summed E-state index contributed by atoms with van der Waals surface area (Å²) < 4.78 is 25.7. The molecule has 1 aliphatic rings. The van der Waals surface area contributed by atoms with Crippen molar-refractivity contribution in [2.45, 2.75) is 84.1 Å². The molecule has 0 spiro atoms. The Hall–Kier alpha value is -3.21. The average molecular weight is 519 g/mol. The zero-order valence-electron chi connectivity index (χ0n) is 22.8. The van der Waals surface area contributed by atoms with Crippen LogP contribution in [0.2, 0.25) is 0 Å². The predicted octanol–water partition coefficient (Wildman–Crippen LogP) is 4.35. The third-order valence-electron chi connectivity index (χ3n) is 5.94. The lowest BCUT2D eigenvalue weighted by molar-refractivity contribution is 0.0118. The van der Waals surface area contributed by atoms with Crippen molar-refractivity contribution in [1.29, 1.82) is 0 Å². The van der Waals surface area contributed by atoms with Gasteiger partial charge in [-0.15, -0.1) is 0 Å². The number of pyridine rings is 1. The molecule has 2 amide bonds. The van der Waals surface area contributed by atoms with Crippen LogP contribution in [0.4, 0.5) is 14.0 Å². The number of ether oxygens (including phenoxy) is 2. The number of halogens is 1. The first-order valence-electron chi connectivity index (χ1n) is 12.5. The molecule has 204 valence electrons. The molecule has 0 radical (unpaired) electrons. The van der Waals surface area contributed by atoms with Crippen molar-refractivity contribution in [2.24, 2.45) is 0 Å². The number of nitrogens with one attached hydrogen (secondary N) is 2. The van der Waals surface area contributed by atoms with Gasteiger partial charge in [0.15, 0.2) is 11.6 Å². The van der Waals surface area contributed by atoms with Gasteiger partial charge in [0.2, 0.25) is 0 Å². The summed E-state index contributed by atoms with van der Waals surface area (Å²) in [7, 11) is 0. The lowest BCUT2D eigenvalue weighted by Crippen LogP contribution is -2.61. The average Bonchev–Trinajstić information content (AvgIpc) is 3.22. The van der Waals surface area contributed by atoms with Gasteiger partial charge in [-0.3, -0.25) is 0 Å². The fourth-order valence-corrected chi connectivity index (χ4v) is 3.99. The van der Waals surface area contributed by atoms with Gasteiger partial charge in [0.1, 0.15) is 11.2 Å². The van der Waals surface area contributed by atoms with E-state index in [-0.39, 0.29) is 12.1 Å². The summed E-state index contributed by atoms with van der Waals surface area (Å²) in [4.78, 5) is 31.3. The van der Waals surface area contributed by atoms with E-state index in [1.54, 1.807) is 17.2 Å². The third kappa shape index (κ3) is 8.41. The summed E-state index contributed by atoms with van der Waals surface area (Å²) in [5.41, 5.74) is -0.898. The molecule has 0 saturated carbocycles. The van der Waals surface area contributed by atoms with E-state index in [2.05, 4.69) is 20.7 Å². The summed E-state index contributed by atoms with van der Waals surface area (Å²) in [6.07, 6.45) is 4.32. The number of hydrogen-bond acceptors (Lipinski definition) is 7. The predicted molar refractivity (Wildman–Crippen MR) is 137 cm³/mol. The highest BCUT2D eigenvalue weighted by Gasteiger charge is 2.39. The Bertz CT molecular complexity index is 1070. The molecular formula is C26H39FN6O4. The van der Waals surface area contributed by atoms with E-state index in [1.807, 2.05) is 54.5 Å². The van der Waals surface area contributed by atoms with E-state index in [0.717, 1.165) is 11.8 Å². The first-order valence-corrected chi connectivity index (χ1v) is 12.5. The van der Waals surface area contributed by atoms with Crippen LogP contribution < -0.4 is 10.6 Å². The molecule has 2 aromatic heterocycles. The summed E-state index contributed by atoms with van der Waals surface area (Å²) in [6.45, 7) is 14.3. The van der Waals surface area contributed by atoms with Gasteiger partial charge in [-0.2, -0.15) is 5.10 Å². The maximum Gasteiger partial charge on any atom is 0.410 e. The van der Waals surface area contributed by atoms with Gasteiger partial charge in [-0.1, -0.05) is 6.07 Å². The van der Waals surface area contributed by atoms with E-state index in [1.165, 1.54) is 10.9 Å². The standard InChI is InChI=1S/C26H39FN6O4/c1-18(19-8-9-21(28-14-19)33-16-20(27)15-30-33)29-17-26(31-22(34)36-24(2,3)4)10-12-32(13-11-26)23(35)37-25(5,6)7/h8-9,14-16,18,29H,10-13,17H2,1-7H3,(H,31,34). The lowest BCUT2D eigenvalue weighted by Gasteiger charge is -2.43. The van der Waals surface area contributed by atoms with Gasteiger partial charge in [-0.25, -0.2) is 23.6 Å². The largest absolute Gasteiger partial charge is 0.444 e. The van der Waals surface area contributed by atoms with Crippen LogP contribution in [0.25, 0.3) is 5.82 Å². The Morgan fingerprint density at radius 1 is 1.08 bits per heavy atom. The number of rotatable bonds is 6. The Labute approximate surface area is 217 Å². The van der Waals surface area contributed by atoms with Crippen LogP contribution in [0.1, 0.15) is 72.9 Å². The van der Waals surface area contributed by atoms with Gasteiger partial charge < -0.3 is 25.0 Å². The molecule has 1 unspecified atom stereocenters. The molecular weight excluding hydrogens is 479 g/mol. The minimum absolute atomic E-state index is 0.0860. The van der Waals surface area contributed by atoms with Crippen LogP contribution in [-0.4, -0.2) is 68.2 Å². The van der Waals surface area contributed by atoms with Gasteiger partial charge in [0.25, 0.3) is 0 Å². The van der Waals surface area contributed by atoms with Crippen LogP contribution in [-0.2, 0) is 9.47 Å². The van der Waals surface area contributed by atoms with Gasteiger partial charge >= 0.3 is 12.2 Å². The van der Waals surface area contributed by atoms with E-state index >= 15 is 0 Å². The summed E-state index contributed by atoms with van der Waals surface area (Å²) >= 11 is 0. The number of alkyl carbamates (subject to hydrolysis) is 1. The minimum Gasteiger partial charge on any atom is -0.444 e. The quantitative estimate of drug-likeness (QED) is 0.585. The van der Waals surface area contributed by atoms with Crippen molar-refractivity contribution in [3.8, 4) is 5.82 Å². The first kappa shape index (κ1) is 28.4. The van der Waals surface area contributed by atoms with E-state index < -0.39 is 28.7 Å². The highest BCUT2D eigenvalue weighted by Crippen LogP contribution is 2.26. The molecule has 37 heavy (non-hydrogen) atoms. The molecule has 2 aromatic rings. The Morgan fingerprint density at radius 2 is 1.73 bits per heavy atom. The number of nitrogens with zero attached hydrogens (tertiary/aromatic N) is 4. The number of amides is 2.